The minimum Gasteiger partial charge on any atom is -0.256 e. The Hall–Kier alpha value is -2.97. The Morgan fingerprint density at radius 1 is 0.520 bits per heavy atom. The molecular formula is C23H19NSi. The fourth-order valence-electron chi connectivity index (χ4n) is 3.28. The summed E-state index contributed by atoms with van der Waals surface area (Å²) in [7, 11) is -1.49. The third-order valence-electron chi connectivity index (χ3n) is 4.45. The Bertz CT molecular complexity index is 898. The molecule has 0 saturated carbocycles. The first-order chi connectivity index (χ1) is 12.4. The van der Waals surface area contributed by atoms with Gasteiger partial charge in [0.25, 0.3) is 0 Å². The molecule has 4 rings (SSSR count). The number of rotatable bonds is 4. The normalized spacial score (nSPS) is 10.8. The van der Waals surface area contributed by atoms with E-state index in [0.717, 1.165) is 5.69 Å². The Kier molecular flexibility index (Phi) is 4.53. The summed E-state index contributed by atoms with van der Waals surface area (Å²) in [6.45, 7) is 0. The first kappa shape index (κ1) is 15.5. The molecule has 120 valence electrons. The summed E-state index contributed by atoms with van der Waals surface area (Å²) in [5.41, 5.74) is 2.21. The van der Waals surface area contributed by atoms with E-state index in [2.05, 4.69) is 96.0 Å². The minimum atomic E-state index is -1.49. The predicted octanol–water partition coefficient (Wildman–Crippen LogP) is 3.00. The molecule has 0 N–H and O–H groups in total. The highest BCUT2D eigenvalue weighted by Crippen LogP contribution is 2.14. The lowest BCUT2D eigenvalue weighted by atomic mass is 10.1. The fourth-order valence-corrected chi connectivity index (χ4v) is 6.30. The topological polar surface area (TPSA) is 12.9 Å². The lowest BCUT2D eigenvalue weighted by Gasteiger charge is -2.18. The molecule has 25 heavy (non-hydrogen) atoms. The van der Waals surface area contributed by atoms with Gasteiger partial charge in [-0.05, 0) is 17.7 Å². The van der Waals surface area contributed by atoms with Gasteiger partial charge in [-0.1, -0.05) is 107 Å². The summed E-state index contributed by atoms with van der Waals surface area (Å²) in [5.74, 6) is 0. The molecule has 4 aromatic rings. The van der Waals surface area contributed by atoms with Gasteiger partial charge >= 0.3 is 0 Å². The first-order valence-corrected chi connectivity index (χ1v) is 10.3. The summed E-state index contributed by atoms with van der Waals surface area (Å²) in [4.78, 5) is 4.51. The van der Waals surface area contributed by atoms with Gasteiger partial charge in [0.05, 0.1) is 5.69 Å². The summed E-state index contributed by atoms with van der Waals surface area (Å²) in [6.07, 6.45) is 1.85. The lowest BCUT2D eigenvalue weighted by molar-refractivity contribution is 1.33. The van der Waals surface area contributed by atoms with Crippen molar-refractivity contribution in [3.05, 3.63) is 109 Å². The van der Waals surface area contributed by atoms with Crippen molar-refractivity contribution >= 4 is 24.4 Å². The molecule has 1 aromatic heterocycles. The van der Waals surface area contributed by atoms with Crippen molar-refractivity contribution in [1.29, 1.82) is 0 Å². The van der Waals surface area contributed by atoms with Crippen LogP contribution < -0.4 is 15.6 Å². The molecule has 0 fully saturated rings. The number of pyridine rings is 1. The molecule has 0 aliphatic heterocycles. The molecular weight excluding hydrogens is 318 g/mol. The van der Waals surface area contributed by atoms with Crippen LogP contribution in [0.2, 0.25) is 0 Å². The van der Waals surface area contributed by atoms with E-state index in [-0.39, 0.29) is 0 Å². The molecule has 0 amide bonds. The monoisotopic (exact) mass is 337 g/mol. The molecule has 0 unspecified atom stereocenters. The SMILES string of the molecule is c1ccc([SiH](c2ccccc2)c2cccc(-c3ccccn3)c2)cc1. The van der Waals surface area contributed by atoms with Crippen LogP contribution in [0.15, 0.2) is 109 Å². The van der Waals surface area contributed by atoms with Crippen molar-refractivity contribution in [2.75, 3.05) is 0 Å². The van der Waals surface area contributed by atoms with E-state index in [1.165, 1.54) is 21.1 Å². The third-order valence-corrected chi connectivity index (χ3v) is 7.58. The van der Waals surface area contributed by atoms with Crippen LogP contribution >= 0.6 is 0 Å². The highest BCUT2D eigenvalue weighted by atomic mass is 28.3. The second kappa shape index (κ2) is 7.28. The van der Waals surface area contributed by atoms with Gasteiger partial charge in [0, 0.05) is 6.20 Å². The van der Waals surface area contributed by atoms with Gasteiger partial charge in [0.1, 0.15) is 8.80 Å². The van der Waals surface area contributed by atoms with Crippen LogP contribution in [0.4, 0.5) is 0 Å². The van der Waals surface area contributed by atoms with E-state index in [0.29, 0.717) is 0 Å². The van der Waals surface area contributed by atoms with Gasteiger partial charge in [-0.15, -0.1) is 0 Å². The molecule has 0 spiro atoms. The Morgan fingerprint density at radius 2 is 1.12 bits per heavy atom. The van der Waals surface area contributed by atoms with Gasteiger partial charge < -0.3 is 0 Å². The average molecular weight is 337 g/mol. The minimum absolute atomic E-state index is 1.03. The maximum absolute atomic E-state index is 4.51. The predicted molar refractivity (Wildman–Crippen MR) is 109 cm³/mol. The average Bonchev–Trinajstić information content (AvgIpc) is 2.71. The second-order valence-electron chi connectivity index (χ2n) is 6.09. The zero-order valence-corrected chi connectivity index (χ0v) is 15.1. The standard InChI is InChI=1S/C23H19NSi/c1-3-11-20(12-4-1)25(21-13-5-2-6-14-21)22-15-9-10-19(18-22)23-16-7-8-17-24-23/h1-18,25H. The van der Waals surface area contributed by atoms with E-state index in [4.69, 9.17) is 0 Å². The maximum Gasteiger partial charge on any atom is 0.132 e. The molecule has 3 aromatic carbocycles. The fraction of sp³-hybridized carbons (Fsp3) is 0. The van der Waals surface area contributed by atoms with E-state index in [1.54, 1.807) is 0 Å². The molecule has 2 heteroatoms. The lowest BCUT2D eigenvalue weighted by Crippen LogP contribution is -2.51. The van der Waals surface area contributed by atoms with Crippen molar-refractivity contribution in [3.63, 3.8) is 0 Å². The summed E-state index contributed by atoms with van der Waals surface area (Å²) in [6, 6.07) is 36.7. The molecule has 0 aliphatic carbocycles. The van der Waals surface area contributed by atoms with Gasteiger partial charge in [0.2, 0.25) is 0 Å². The number of hydrogen-bond acceptors (Lipinski definition) is 1. The van der Waals surface area contributed by atoms with Crippen LogP contribution in [0.1, 0.15) is 0 Å². The zero-order valence-electron chi connectivity index (χ0n) is 13.9. The van der Waals surface area contributed by atoms with Crippen LogP contribution in [0.25, 0.3) is 11.3 Å². The second-order valence-corrected chi connectivity index (χ2v) is 8.96. The number of hydrogen-bond donors (Lipinski definition) is 0. The number of benzene rings is 3. The summed E-state index contributed by atoms with van der Waals surface area (Å²) >= 11 is 0. The van der Waals surface area contributed by atoms with Gasteiger partial charge in [-0.25, -0.2) is 0 Å². The van der Waals surface area contributed by atoms with Gasteiger partial charge in [-0.3, -0.25) is 4.98 Å². The highest BCUT2D eigenvalue weighted by Gasteiger charge is 2.18. The largest absolute Gasteiger partial charge is 0.256 e. The molecule has 0 bridgehead atoms. The van der Waals surface area contributed by atoms with E-state index < -0.39 is 8.80 Å². The van der Waals surface area contributed by atoms with Crippen molar-refractivity contribution in [3.8, 4) is 11.3 Å². The molecule has 0 saturated heterocycles. The van der Waals surface area contributed by atoms with Crippen molar-refractivity contribution < 1.29 is 0 Å². The molecule has 1 nitrogen and oxygen atoms in total. The van der Waals surface area contributed by atoms with Crippen LogP contribution in [0, 0.1) is 0 Å². The van der Waals surface area contributed by atoms with Crippen LogP contribution in [0.5, 0.6) is 0 Å². The van der Waals surface area contributed by atoms with Crippen molar-refractivity contribution in [2.24, 2.45) is 0 Å². The van der Waals surface area contributed by atoms with Crippen molar-refractivity contribution in [2.45, 2.75) is 0 Å². The first-order valence-electron chi connectivity index (χ1n) is 8.53. The molecule has 0 radical (unpaired) electrons. The van der Waals surface area contributed by atoms with Crippen molar-refractivity contribution in [1.82, 2.24) is 4.98 Å². The van der Waals surface area contributed by atoms with Crippen LogP contribution in [-0.4, -0.2) is 13.8 Å². The van der Waals surface area contributed by atoms with Crippen LogP contribution in [-0.2, 0) is 0 Å². The van der Waals surface area contributed by atoms with Crippen LogP contribution in [0.3, 0.4) is 0 Å². The molecule has 0 aliphatic rings. The summed E-state index contributed by atoms with van der Waals surface area (Å²) in [5, 5.41) is 4.29. The highest BCUT2D eigenvalue weighted by molar-refractivity contribution is 6.95. The number of aromatic nitrogens is 1. The van der Waals surface area contributed by atoms with Gasteiger partial charge in [-0.2, -0.15) is 0 Å². The quantitative estimate of drug-likeness (QED) is 0.412. The molecule has 0 atom stereocenters. The van der Waals surface area contributed by atoms with E-state index in [9.17, 15) is 0 Å². The van der Waals surface area contributed by atoms with E-state index in [1.807, 2.05) is 18.3 Å². The summed E-state index contributed by atoms with van der Waals surface area (Å²) < 4.78 is 0. The molecule has 1 heterocycles. The Balaban J connectivity index is 1.83. The third kappa shape index (κ3) is 3.44. The smallest absolute Gasteiger partial charge is 0.132 e. The zero-order chi connectivity index (χ0) is 16.9. The Morgan fingerprint density at radius 3 is 1.72 bits per heavy atom. The Labute approximate surface area is 150 Å². The van der Waals surface area contributed by atoms with E-state index >= 15 is 0 Å². The van der Waals surface area contributed by atoms with Gasteiger partial charge in [0.15, 0.2) is 0 Å². The number of nitrogens with zero attached hydrogens (tertiary/aromatic N) is 1. The maximum atomic E-state index is 4.51.